The molecule has 0 bridgehead atoms. The lowest BCUT2D eigenvalue weighted by molar-refractivity contribution is -0.149. The molecule has 2 heterocycles. The number of likely N-dealkylation sites (tertiary alicyclic amines) is 1. The molecule has 6 nitrogen and oxygen atoms in total. The minimum Gasteiger partial charge on any atom is -0.466 e. The van der Waals surface area contributed by atoms with Crippen molar-refractivity contribution in [3.8, 4) is 0 Å². The van der Waals surface area contributed by atoms with E-state index in [1.165, 1.54) is 5.56 Å². The molecule has 0 aliphatic carbocycles. The number of pyridine rings is 1. The first-order valence-corrected chi connectivity index (χ1v) is 9.25. The van der Waals surface area contributed by atoms with E-state index in [9.17, 15) is 4.79 Å². The topological polar surface area (TPSA) is 66.8 Å². The van der Waals surface area contributed by atoms with Crippen molar-refractivity contribution in [1.29, 1.82) is 0 Å². The van der Waals surface area contributed by atoms with E-state index >= 15 is 0 Å². The third-order valence-electron chi connectivity index (χ3n) is 4.31. The third kappa shape index (κ3) is 7.09. The zero-order chi connectivity index (χ0) is 18.1. The summed E-state index contributed by atoms with van der Waals surface area (Å²) in [5.41, 5.74) is 2.21. The molecule has 1 unspecified atom stereocenters. The van der Waals surface area contributed by atoms with Gasteiger partial charge in [-0.05, 0) is 51.7 Å². The van der Waals surface area contributed by atoms with Crippen LogP contribution in [0.2, 0.25) is 0 Å². The van der Waals surface area contributed by atoms with Gasteiger partial charge in [0.15, 0.2) is 5.96 Å². The number of aryl methyl sites for hydroxylation is 1. The van der Waals surface area contributed by atoms with E-state index in [0.717, 1.165) is 44.0 Å². The Hall–Kier alpha value is -1.38. The Balaban J connectivity index is 0.00000338. The summed E-state index contributed by atoms with van der Waals surface area (Å²) in [5, 5.41) is 3.35. The second-order valence-corrected chi connectivity index (χ2v) is 6.33. The normalized spacial score (nSPS) is 17.4. The Morgan fingerprint density at radius 2 is 2.23 bits per heavy atom. The molecule has 146 valence electrons. The summed E-state index contributed by atoms with van der Waals surface area (Å²) in [6.07, 6.45) is 4.65. The highest BCUT2D eigenvalue weighted by molar-refractivity contribution is 14.0. The maximum absolute atomic E-state index is 12.0. The van der Waals surface area contributed by atoms with Gasteiger partial charge in [-0.2, -0.15) is 0 Å². The van der Waals surface area contributed by atoms with Gasteiger partial charge in [-0.1, -0.05) is 6.07 Å². The second-order valence-electron chi connectivity index (χ2n) is 6.33. The van der Waals surface area contributed by atoms with Gasteiger partial charge < -0.3 is 15.0 Å². The van der Waals surface area contributed by atoms with Gasteiger partial charge in [0.2, 0.25) is 0 Å². The number of ether oxygens (including phenoxy) is 1. The quantitative estimate of drug-likeness (QED) is 0.297. The molecule has 1 aromatic rings. The zero-order valence-electron chi connectivity index (χ0n) is 16.0. The van der Waals surface area contributed by atoms with Crippen molar-refractivity contribution in [2.75, 3.05) is 32.8 Å². The predicted octanol–water partition coefficient (Wildman–Crippen LogP) is 2.79. The Kier molecular flexibility index (Phi) is 10.5. The van der Waals surface area contributed by atoms with Crippen LogP contribution in [0.5, 0.6) is 0 Å². The van der Waals surface area contributed by atoms with Crippen LogP contribution in [-0.4, -0.2) is 54.6 Å². The molecule has 0 saturated carbocycles. The number of carbonyl (C=O) groups is 1. The first kappa shape index (κ1) is 22.7. The van der Waals surface area contributed by atoms with E-state index in [1.54, 1.807) is 0 Å². The highest BCUT2D eigenvalue weighted by atomic mass is 127. The molecule has 0 aromatic carbocycles. The molecular weight excluding hydrogens is 443 g/mol. The van der Waals surface area contributed by atoms with Crippen molar-refractivity contribution >= 4 is 35.9 Å². The molecule has 1 saturated heterocycles. The van der Waals surface area contributed by atoms with Gasteiger partial charge >= 0.3 is 5.97 Å². The van der Waals surface area contributed by atoms with E-state index in [1.807, 2.05) is 26.1 Å². The van der Waals surface area contributed by atoms with Crippen molar-refractivity contribution < 1.29 is 9.53 Å². The smallest absolute Gasteiger partial charge is 0.310 e. The van der Waals surface area contributed by atoms with Crippen molar-refractivity contribution in [3.05, 3.63) is 29.6 Å². The number of guanidine groups is 1. The monoisotopic (exact) mass is 474 g/mol. The minimum atomic E-state index is -0.0891. The van der Waals surface area contributed by atoms with Crippen LogP contribution in [0.1, 0.15) is 37.9 Å². The lowest BCUT2D eigenvalue weighted by atomic mass is 9.98. The molecule has 0 spiro atoms. The number of halogens is 1. The first-order valence-electron chi connectivity index (χ1n) is 9.25. The number of hydrogen-bond acceptors (Lipinski definition) is 4. The average molecular weight is 474 g/mol. The number of piperidine rings is 1. The second kappa shape index (κ2) is 12.1. The molecule has 7 heteroatoms. The van der Waals surface area contributed by atoms with Crippen LogP contribution < -0.4 is 5.32 Å². The molecule has 2 rings (SSSR count). The number of rotatable bonds is 6. The molecule has 0 amide bonds. The van der Waals surface area contributed by atoms with E-state index in [0.29, 0.717) is 19.7 Å². The summed E-state index contributed by atoms with van der Waals surface area (Å²) < 4.78 is 5.19. The van der Waals surface area contributed by atoms with Crippen molar-refractivity contribution in [2.45, 2.75) is 40.0 Å². The van der Waals surface area contributed by atoms with Gasteiger partial charge in [-0.15, -0.1) is 24.0 Å². The third-order valence-corrected chi connectivity index (χ3v) is 4.31. The minimum absolute atomic E-state index is 0. The SMILES string of the molecule is CCNC(=NCCc1ccc(C)nc1)N1CCCC(C(=O)OCC)C1.I. The Labute approximate surface area is 173 Å². The van der Waals surface area contributed by atoms with E-state index in [-0.39, 0.29) is 35.9 Å². The molecule has 1 aliphatic heterocycles. The summed E-state index contributed by atoms with van der Waals surface area (Å²) >= 11 is 0. The van der Waals surface area contributed by atoms with Crippen LogP contribution in [0.25, 0.3) is 0 Å². The molecule has 26 heavy (non-hydrogen) atoms. The lowest BCUT2D eigenvalue weighted by Gasteiger charge is -2.34. The van der Waals surface area contributed by atoms with Crippen molar-refractivity contribution in [3.63, 3.8) is 0 Å². The highest BCUT2D eigenvalue weighted by Crippen LogP contribution is 2.18. The standard InChI is InChI=1S/C19H30N4O2.HI/c1-4-20-19(21-11-10-16-9-8-15(3)22-13-16)23-12-6-7-17(14-23)18(24)25-5-2;/h8-9,13,17H,4-7,10-12,14H2,1-3H3,(H,20,21);1H. The number of nitrogens with zero attached hydrogens (tertiary/aromatic N) is 3. The van der Waals surface area contributed by atoms with E-state index in [2.05, 4.69) is 28.2 Å². The van der Waals surface area contributed by atoms with Crippen LogP contribution in [0.3, 0.4) is 0 Å². The number of carbonyl (C=O) groups excluding carboxylic acids is 1. The van der Waals surface area contributed by atoms with Crippen LogP contribution >= 0.6 is 24.0 Å². The van der Waals surface area contributed by atoms with E-state index in [4.69, 9.17) is 9.73 Å². The number of nitrogens with one attached hydrogen (secondary N) is 1. The summed E-state index contributed by atoms with van der Waals surface area (Å²) in [7, 11) is 0. The van der Waals surface area contributed by atoms with Crippen molar-refractivity contribution in [1.82, 2.24) is 15.2 Å². The number of hydrogen-bond donors (Lipinski definition) is 1. The van der Waals surface area contributed by atoms with E-state index < -0.39 is 0 Å². The van der Waals surface area contributed by atoms with Gasteiger partial charge in [-0.25, -0.2) is 0 Å². The average Bonchev–Trinajstić information content (AvgIpc) is 2.63. The fourth-order valence-corrected chi connectivity index (χ4v) is 2.99. The fourth-order valence-electron chi connectivity index (χ4n) is 2.99. The number of aliphatic imine (C=N–C) groups is 1. The number of esters is 1. The van der Waals surface area contributed by atoms with Crippen molar-refractivity contribution in [2.24, 2.45) is 10.9 Å². The first-order chi connectivity index (χ1) is 12.1. The lowest BCUT2D eigenvalue weighted by Crippen LogP contribution is -2.48. The summed E-state index contributed by atoms with van der Waals surface area (Å²) in [5.74, 6) is 0.740. The van der Waals surface area contributed by atoms with Crippen LogP contribution in [0.15, 0.2) is 23.3 Å². The summed E-state index contributed by atoms with van der Waals surface area (Å²) in [6, 6.07) is 4.13. The van der Waals surface area contributed by atoms with Crippen LogP contribution in [0.4, 0.5) is 0 Å². The molecule has 1 aromatic heterocycles. The highest BCUT2D eigenvalue weighted by Gasteiger charge is 2.28. The Morgan fingerprint density at radius 1 is 1.42 bits per heavy atom. The Bertz CT molecular complexity index is 577. The molecule has 1 aliphatic rings. The zero-order valence-corrected chi connectivity index (χ0v) is 18.4. The fraction of sp³-hybridized carbons (Fsp3) is 0.632. The summed E-state index contributed by atoms with van der Waals surface area (Å²) in [4.78, 5) is 23.3. The van der Waals surface area contributed by atoms with Gasteiger partial charge in [0.1, 0.15) is 0 Å². The molecule has 1 atom stereocenters. The predicted molar refractivity (Wildman–Crippen MR) is 115 cm³/mol. The largest absolute Gasteiger partial charge is 0.466 e. The maximum atomic E-state index is 12.0. The van der Waals surface area contributed by atoms with Crippen LogP contribution in [0, 0.1) is 12.8 Å². The molecule has 1 N–H and O–H groups in total. The maximum Gasteiger partial charge on any atom is 0.310 e. The Morgan fingerprint density at radius 3 is 2.88 bits per heavy atom. The molecule has 0 radical (unpaired) electrons. The van der Waals surface area contributed by atoms with Crippen LogP contribution in [-0.2, 0) is 16.0 Å². The summed E-state index contributed by atoms with van der Waals surface area (Å²) in [6.45, 7) is 9.45. The van der Waals surface area contributed by atoms with Gasteiger partial charge in [0.05, 0.1) is 12.5 Å². The van der Waals surface area contributed by atoms with Gasteiger partial charge in [0.25, 0.3) is 0 Å². The molecular formula is C19H31IN4O2. The molecule has 1 fully saturated rings. The van der Waals surface area contributed by atoms with Gasteiger partial charge in [0, 0.05) is 38.1 Å². The number of aromatic nitrogens is 1. The van der Waals surface area contributed by atoms with Gasteiger partial charge in [-0.3, -0.25) is 14.8 Å².